The van der Waals surface area contributed by atoms with Crippen LogP contribution in [0.4, 0.5) is 48.3 Å². The van der Waals surface area contributed by atoms with Gasteiger partial charge in [-0.3, -0.25) is 0 Å². The predicted octanol–water partition coefficient (Wildman–Crippen LogP) is 9.06. The summed E-state index contributed by atoms with van der Waals surface area (Å²) in [6, 6.07) is 0. The molecule has 0 N–H and O–H groups in total. The van der Waals surface area contributed by atoms with Gasteiger partial charge in [0.25, 0.3) is 0 Å². The van der Waals surface area contributed by atoms with Crippen molar-refractivity contribution in [1.29, 1.82) is 0 Å². The number of unbranched alkanes of at least 4 members (excludes halogenated alkanes) is 7. The highest BCUT2D eigenvalue weighted by Crippen LogP contribution is 2.59. The van der Waals surface area contributed by atoms with Crippen LogP contribution in [0.3, 0.4) is 0 Å². The highest BCUT2D eigenvalue weighted by atomic mass is 127. The minimum Gasteiger partial charge on any atom is -0.199 e. The molecule has 182 valence electrons. The van der Waals surface area contributed by atoms with Crippen LogP contribution in [-0.2, 0) is 0 Å². The van der Waals surface area contributed by atoms with Gasteiger partial charge in [-0.2, -0.15) is 48.3 Å². The fourth-order valence-corrected chi connectivity index (χ4v) is 3.71. The van der Waals surface area contributed by atoms with Gasteiger partial charge in [0.1, 0.15) is 0 Å². The monoisotopic (exact) mass is 578 g/mol. The number of alkyl halides is 12. The van der Waals surface area contributed by atoms with E-state index in [0.29, 0.717) is 19.8 Å². The smallest absolute Gasteiger partial charge is 0.199 e. The Morgan fingerprint density at radius 3 is 1.40 bits per heavy atom. The molecule has 0 aromatic heterocycles. The van der Waals surface area contributed by atoms with Gasteiger partial charge >= 0.3 is 29.9 Å². The third-order valence-electron chi connectivity index (χ3n) is 5.01. The van der Waals surface area contributed by atoms with Crippen molar-refractivity contribution in [3.05, 3.63) is 0 Å². The highest BCUT2D eigenvalue weighted by Gasteiger charge is 2.87. The van der Waals surface area contributed by atoms with Gasteiger partial charge < -0.3 is 0 Å². The van der Waals surface area contributed by atoms with Gasteiger partial charge in [0.05, 0.1) is 0 Å². The minimum atomic E-state index is -7.33. The van der Waals surface area contributed by atoms with E-state index in [9.17, 15) is 48.3 Å². The van der Waals surface area contributed by atoms with Crippen LogP contribution in [0.2, 0.25) is 0 Å². The Morgan fingerprint density at radius 2 is 1.00 bits per heavy atom. The van der Waals surface area contributed by atoms with E-state index in [1.54, 1.807) is 0 Å². The molecule has 0 aliphatic rings. The molecule has 0 rings (SSSR count). The third kappa shape index (κ3) is 6.49. The molecule has 0 aromatic carbocycles. The Bertz CT molecular complexity index is 503. The lowest BCUT2D eigenvalue weighted by molar-refractivity contribution is -0.426. The van der Waals surface area contributed by atoms with Gasteiger partial charge in [-0.25, -0.2) is 0 Å². The SMILES string of the molecule is CCCCCCCCCCC(I)C(C)C(F)(F)C(F)(F)C(F)(F)C(F)(F)C(F)(F)F. The van der Waals surface area contributed by atoms with E-state index in [4.69, 9.17) is 0 Å². The maximum Gasteiger partial charge on any atom is 0.460 e. The fraction of sp³-hybridized carbons (Fsp3) is 1.00. The van der Waals surface area contributed by atoms with Crippen molar-refractivity contribution in [1.82, 2.24) is 0 Å². The Labute approximate surface area is 182 Å². The quantitative estimate of drug-likeness (QED) is 0.0836. The first-order chi connectivity index (χ1) is 13.4. The molecular weight excluding hydrogens is 552 g/mol. The van der Waals surface area contributed by atoms with Crippen LogP contribution >= 0.6 is 22.6 Å². The number of hydrogen-bond acceptors (Lipinski definition) is 0. The van der Waals surface area contributed by atoms with Gasteiger partial charge in [-0.05, 0) is 6.42 Å². The zero-order chi connectivity index (χ0) is 24.0. The van der Waals surface area contributed by atoms with Crippen molar-refractivity contribution in [3.63, 3.8) is 0 Å². The van der Waals surface area contributed by atoms with Crippen molar-refractivity contribution >= 4 is 22.6 Å². The predicted molar refractivity (Wildman–Crippen MR) is 100 cm³/mol. The molecule has 0 nitrogen and oxygen atoms in total. The fourth-order valence-electron chi connectivity index (χ4n) is 2.82. The van der Waals surface area contributed by atoms with E-state index < -0.39 is 39.7 Å². The van der Waals surface area contributed by atoms with E-state index in [2.05, 4.69) is 0 Å². The first-order valence-corrected chi connectivity index (χ1v) is 10.9. The van der Waals surface area contributed by atoms with Crippen LogP contribution in [0.1, 0.15) is 71.6 Å². The topological polar surface area (TPSA) is 0 Å². The summed E-state index contributed by atoms with van der Waals surface area (Å²) in [5.41, 5.74) is 0. The summed E-state index contributed by atoms with van der Waals surface area (Å²) in [6.45, 7) is 2.48. The summed E-state index contributed by atoms with van der Waals surface area (Å²) >= 11 is 1.31. The Hall–Kier alpha value is -0.0400. The van der Waals surface area contributed by atoms with E-state index in [0.717, 1.165) is 38.5 Å². The average Bonchev–Trinajstić information content (AvgIpc) is 2.61. The molecule has 0 spiro atoms. The summed E-state index contributed by atoms with van der Waals surface area (Å²) in [5, 5.41) is 0. The molecule has 0 aliphatic heterocycles. The number of halogens is 12. The zero-order valence-electron chi connectivity index (χ0n) is 16.6. The van der Waals surface area contributed by atoms with Crippen LogP contribution in [0.5, 0.6) is 0 Å². The molecule has 0 bridgehead atoms. The summed E-state index contributed by atoms with van der Waals surface area (Å²) in [5.74, 6) is -29.9. The number of hydrogen-bond donors (Lipinski definition) is 0. The van der Waals surface area contributed by atoms with E-state index >= 15 is 0 Å². The van der Waals surface area contributed by atoms with Crippen molar-refractivity contribution in [2.75, 3.05) is 0 Å². The van der Waals surface area contributed by atoms with Crippen molar-refractivity contribution in [3.8, 4) is 0 Å². The van der Waals surface area contributed by atoms with Crippen LogP contribution in [0.25, 0.3) is 0 Å². The molecule has 0 heterocycles. The number of rotatable bonds is 14. The normalized spacial score (nSPS) is 16.6. The van der Waals surface area contributed by atoms with Crippen LogP contribution < -0.4 is 0 Å². The Kier molecular flexibility index (Phi) is 11.2. The van der Waals surface area contributed by atoms with Crippen LogP contribution in [-0.4, -0.2) is 33.8 Å². The van der Waals surface area contributed by atoms with Crippen LogP contribution in [0.15, 0.2) is 0 Å². The molecule has 0 radical (unpaired) electrons. The second-order valence-corrected chi connectivity index (χ2v) is 9.01. The van der Waals surface area contributed by atoms with Crippen molar-refractivity contribution in [2.24, 2.45) is 5.92 Å². The standard InChI is InChI=1S/C18H26F11I/c1-3-4-5-6-7-8-9-10-11-13(30)12(2)14(19,20)15(21,22)16(23,24)17(25,26)18(27,28)29/h12-13H,3-11H2,1-2H3. The van der Waals surface area contributed by atoms with Gasteiger partial charge in [0.15, 0.2) is 0 Å². The first kappa shape index (κ1) is 30.0. The molecule has 0 aliphatic carbocycles. The van der Waals surface area contributed by atoms with Gasteiger partial charge in [0, 0.05) is 9.84 Å². The van der Waals surface area contributed by atoms with E-state index in [-0.39, 0.29) is 6.42 Å². The molecule has 2 atom stereocenters. The molecule has 12 heteroatoms. The van der Waals surface area contributed by atoms with Crippen LogP contribution in [0, 0.1) is 5.92 Å². The lowest BCUT2D eigenvalue weighted by Crippen LogP contribution is -2.68. The maximum absolute atomic E-state index is 14.1. The maximum atomic E-state index is 14.1. The second-order valence-electron chi connectivity index (χ2n) is 7.41. The molecule has 0 aromatic rings. The van der Waals surface area contributed by atoms with E-state index in [1.165, 1.54) is 22.6 Å². The van der Waals surface area contributed by atoms with Gasteiger partial charge in [-0.15, -0.1) is 0 Å². The van der Waals surface area contributed by atoms with Gasteiger partial charge in [-0.1, -0.05) is 87.8 Å². The summed E-state index contributed by atoms with van der Waals surface area (Å²) in [7, 11) is 0. The summed E-state index contributed by atoms with van der Waals surface area (Å²) in [6.07, 6.45) is -0.547. The molecule has 0 saturated carbocycles. The molecule has 0 amide bonds. The summed E-state index contributed by atoms with van der Waals surface area (Å²) in [4.78, 5) is 0. The third-order valence-corrected chi connectivity index (χ3v) is 6.71. The zero-order valence-corrected chi connectivity index (χ0v) is 18.7. The second kappa shape index (κ2) is 11.2. The molecule has 30 heavy (non-hydrogen) atoms. The lowest BCUT2D eigenvalue weighted by Gasteiger charge is -2.40. The summed E-state index contributed by atoms with van der Waals surface area (Å²) < 4.78 is 143. The minimum absolute atomic E-state index is 0.0937. The van der Waals surface area contributed by atoms with E-state index in [1.807, 2.05) is 6.92 Å². The Balaban J connectivity index is 5.06. The first-order valence-electron chi connectivity index (χ1n) is 9.61. The van der Waals surface area contributed by atoms with Gasteiger partial charge in [0.2, 0.25) is 0 Å². The Morgan fingerprint density at radius 1 is 0.600 bits per heavy atom. The lowest BCUT2D eigenvalue weighted by atomic mass is 9.87. The molecule has 0 fully saturated rings. The largest absolute Gasteiger partial charge is 0.460 e. The van der Waals surface area contributed by atoms with Crippen molar-refractivity contribution < 1.29 is 48.3 Å². The average molecular weight is 578 g/mol. The van der Waals surface area contributed by atoms with Crippen molar-refractivity contribution in [2.45, 2.75) is 105 Å². The molecular formula is C18H26F11I. The molecule has 0 saturated heterocycles. The highest BCUT2D eigenvalue weighted by molar-refractivity contribution is 14.1. The molecule has 2 unspecified atom stereocenters.